The summed E-state index contributed by atoms with van der Waals surface area (Å²) in [6.45, 7) is 0. The first-order valence-corrected chi connectivity index (χ1v) is 7.32. The highest BCUT2D eigenvalue weighted by atomic mass is 33.5. The van der Waals surface area contributed by atoms with Crippen LogP contribution < -0.4 is 10.4 Å². The molecule has 0 aromatic heterocycles. The Morgan fingerprint density at radius 2 is 1.92 bits per heavy atom. The zero-order chi connectivity index (χ0) is 8.39. The smallest absolute Gasteiger partial charge is 0.117 e. The van der Waals surface area contributed by atoms with Gasteiger partial charge in [0.25, 0.3) is 0 Å². The van der Waals surface area contributed by atoms with Crippen LogP contribution in [0.2, 0.25) is 0 Å². The van der Waals surface area contributed by atoms with E-state index >= 15 is 0 Å². The second-order valence-electron chi connectivity index (χ2n) is 2.29. The minimum absolute atomic E-state index is 0.896. The highest BCUT2D eigenvalue weighted by Gasteiger charge is 1.99. The molecule has 1 aliphatic rings. The lowest BCUT2D eigenvalue weighted by atomic mass is 10.3. The summed E-state index contributed by atoms with van der Waals surface area (Å²) in [5.41, 5.74) is 0. The van der Waals surface area contributed by atoms with E-state index in [1.807, 2.05) is 29.7 Å². The van der Waals surface area contributed by atoms with Crippen molar-refractivity contribution in [2.24, 2.45) is 0 Å². The predicted octanol–water partition coefficient (Wildman–Crippen LogP) is 1.22. The van der Waals surface area contributed by atoms with Crippen molar-refractivity contribution in [3.05, 3.63) is 34.7 Å². The van der Waals surface area contributed by atoms with Gasteiger partial charge in [0.15, 0.2) is 0 Å². The van der Waals surface area contributed by atoms with E-state index in [1.54, 1.807) is 5.41 Å². The highest BCUT2D eigenvalue weighted by Crippen LogP contribution is 2.27. The Morgan fingerprint density at radius 3 is 2.75 bits per heavy atom. The summed E-state index contributed by atoms with van der Waals surface area (Å²) in [6, 6.07) is 7.96. The summed E-state index contributed by atoms with van der Waals surface area (Å²) < 4.78 is 11.2. The first-order chi connectivity index (χ1) is 5.86. The van der Waals surface area contributed by atoms with Crippen molar-refractivity contribution in [2.45, 2.75) is 0 Å². The Labute approximate surface area is 80.2 Å². The maximum atomic E-state index is 11.2. The standard InChI is InChI=1S/C8H6OS3/c9-12-6-8-4-2-1-3-7(8)5-10-11-12/h1-6H. The van der Waals surface area contributed by atoms with Gasteiger partial charge in [0, 0.05) is 15.2 Å². The lowest BCUT2D eigenvalue weighted by Crippen LogP contribution is -2.22. The van der Waals surface area contributed by atoms with Gasteiger partial charge in [-0.05, 0) is 15.8 Å². The van der Waals surface area contributed by atoms with Gasteiger partial charge in [-0.3, -0.25) is 0 Å². The molecule has 62 valence electrons. The van der Waals surface area contributed by atoms with Gasteiger partial charge in [-0.1, -0.05) is 35.1 Å². The molecule has 0 N–H and O–H groups in total. The van der Waals surface area contributed by atoms with Gasteiger partial charge in [-0.25, -0.2) is 4.21 Å². The predicted molar refractivity (Wildman–Crippen MR) is 57.9 cm³/mol. The lowest BCUT2D eigenvalue weighted by Gasteiger charge is -1.84. The number of fused-ring (bicyclic) bond motifs is 1. The third-order valence-corrected chi connectivity index (χ3v) is 5.64. The Balaban J connectivity index is 2.76. The number of benzene rings is 1. The van der Waals surface area contributed by atoms with Crippen molar-refractivity contribution in [1.82, 2.24) is 0 Å². The quantitative estimate of drug-likeness (QED) is 0.605. The SMILES string of the molecule is O=S1C=c2ccccc2=CSS1. The van der Waals surface area contributed by atoms with Gasteiger partial charge < -0.3 is 0 Å². The van der Waals surface area contributed by atoms with Gasteiger partial charge in [-0.2, -0.15) is 0 Å². The Hall–Kier alpha value is -0.190. The fourth-order valence-electron chi connectivity index (χ4n) is 0.959. The molecule has 12 heavy (non-hydrogen) atoms. The molecule has 0 saturated carbocycles. The molecule has 1 aromatic rings. The Bertz CT molecular complexity index is 424. The number of hydrogen-bond donors (Lipinski definition) is 0. The van der Waals surface area contributed by atoms with E-state index in [2.05, 4.69) is 0 Å². The van der Waals surface area contributed by atoms with Crippen molar-refractivity contribution >= 4 is 41.3 Å². The summed E-state index contributed by atoms with van der Waals surface area (Å²) in [7, 11) is 2.00. The van der Waals surface area contributed by atoms with Crippen molar-refractivity contribution in [3.8, 4) is 0 Å². The number of rotatable bonds is 0. The normalized spacial score (nSPS) is 21.5. The van der Waals surface area contributed by atoms with Gasteiger partial charge in [0.2, 0.25) is 0 Å². The van der Waals surface area contributed by atoms with Gasteiger partial charge in [0.1, 0.15) is 9.83 Å². The van der Waals surface area contributed by atoms with Crippen LogP contribution in [0.4, 0.5) is 0 Å². The van der Waals surface area contributed by atoms with E-state index in [1.165, 1.54) is 20.6 Å². The fraction of sp³-hybridized carbons (Fsp3) is 0. The van der Waals surface area contributed by atoms with Crippen LogP contribution in [0.15, 0.2) is 24.3 Å². The second-order valence-corrected chi connectivity index (χ2v) is 6.81. The van der Waals surface area contributed by atoms with E-state index in [4.69, 9.17) is 0 Å². The molecular formula is C8H6OS3. The van der Waals surface area contributed by atoms with Crippen molar-refractivity contribution in [1.29, 1.82) is 0 Å². The molecule has 0 bridgehead atoms. The monoisotopic (exact) mass is 214 g/mol. The molecule has 0 amide bonds. The molecule has 0 saturated heterocycles. The van der Waals surface area contributed by atoms with Gasteiger partial charge >= 0.3 is 0 Å². The van der Waals surface area contributed by atoms with Crippen LogP contribution >= 0.6 is 20.6 Å². The first-order valence-electron chi connectivity index (χ1n) is 3.38. The first kappa shape index (κ1) is 8.41. The third kappa shape index (κ3) is 1.76. The molecule has 0 fully saturated rings. The van der Waals surface area contributed by atoms with Crippen LogP contribution in [-0.4, -0.2) is 4.21 Å². The van der Waals surface area contributed by atoms with E-state index in [0.717, 1.165) is 10.4 Å². The zero-order valence-corrected chi connectivity index (χ0v) is 8.55. The molecule has 0 aliphatic carbocycles. The molecule has 0 radical (unpaired) electrons. The summed E-state index contributed by atoms with van der Waals surface area (Å²) in [4.78, 5) is 0. The zero-order valence-electron chi connectivity index (χ0n) is 6.10. The molecule has 1 heterocycles. The van der Waals surface area contributed by atoms with E-state index in [-0.39, 0.29) is 0 Å². The Morgan fingerprint density at radius 1 is 1.17 bits per heavy atom. The van der Waals surface area contributed by atoms with Gasteiger partial charge in [0.05, 0.1) is 0 Å². The Kier molecular flexibility index (Phi) is 2.58. The van der Waals surface area contributed by atoms with Crippen LogP contribution in [0.1, 0.15) is 0 Å². The molecule has 2 rings (SSSR count). The van der Waals surface area contributed by atoms with Crippen LogP contribution in [0.5, 0.6) is 0 Å². The van der Waals surface area contributed by atoms with Crippen LogP contribution in [0.3, 0.4) is 0 Å². The molecule has 1 nitrogen and oxygen atoms in total. The summed E-state index contributed by atoms with van der Waals surface area (Å²) >= 11 is 0. The van der Waals surface area contributed by atoms with Gasteiger partial charge in [-0.15, -0.1) is 0 Å². The summed E-state index contributed by atoms with van der Waals surface area (Å²) in [5, 5.41) is 6.03. The summed E-state index contributed by atoms with van der Waals surface area (Å²) in [5.74, 6) is 0. The van der Waals surface area contributed by atoms with E-state index in [0.29, 0.717) is 0 Å². The largest absolute Gasteiger partial charge is 0.242 e. The highest BCUT2D eigenvalue weighted by molar-refractivity contribution is 9.08. The maximum absolute atomic E-state index is 11.2. The lowest BCUT2D eigenvalue weighted by molar-refractivity contribution is 0.697. The molecule has 4 heteroatoms. The third-order valence-electron chi connectivity index (χ3n) is 1.50. The molecule has 0 spiro atoms. The minimum Gasteiger partial charge on any atom is -0.242 e. The molecule has 1 aromatic carbocycles. The van der Waals surface area contributed by atoms with Crippen molar-refractivity contribution in [2.75, 3.05) is 0 Å². The van der Waals surface area contributed by atoms with E-state index < -0.39 is 9.83 Å². The summed E-state index contributed by atoms with van der Waals surface area (Å²) in [6.07, 6.45) is 0. The van der Waals surface area contributed by atoms with Crippen LogP contribution in [0.25, 0.3) is 10.8 Å². The van der Waals surface area contributed by atoms with Crippen molar-refractivity contribution in [3.63, 3.8) is 0 Å². The molecule has 1 aliphatic heterocycles. The fourth-order valence-corrected chi connectivity index (χ4v) is 4.35. The van der Waals surface area contributed by atoms with Crippen LogP contribution in [0, 0.1) is 0 Å². The average molecular weight is 214 g/mol. The second kappa shape index (κ2) is 3.68. The van der Waals surface area contributed by atoms with Crippen LogP contribution in [-0.2, 0) is 9.83 Å². The minimum atomic E-state index is -0.896. The molecule has 1 atom stereocenters. The average Bonchev–Trinajstić information content (AvgIpc) is 2.25. The van der Waals surface area contributed by atoms with E-state index in [9.17, 15) is 4.21 Å². The molecule has 1 unspecified atom stereocenters. The van der Waals surface area contributed by atoms with Crippen molar-refractivity contribution < 1.29 is 4.21 Å². The number of hydrogen-bond acceptors (Lipinski definition) is 3. The molecular weight excluding hydrogens is 208 g/mol. The maximum Gasteiger partial charge on any atom is 0.117 e. The topological polar surface area (TPSA) is 17.1 Å².